The average molecular weight is 333 g/mol. The summed E-state index contributed by atoms with van der Waals surface area (Å²) in [6.45, 7) is 2.06. The highest BCUT2D eigenvalue weighted by molar-refractivity contribution is 7.90. The number of hydrogen-bond donors (Lipinski definition) is 0. The van der Waals surface area contributed by atoms with Crippen molar-refractivity contribution in [1.29, 1.82) is 0 Å². The predicted octanol–water partition coefficient (Wildman–Crippen LogP) is 2.37. The van der Waals surface area contributed by atoms with Gasteiger partial charge in [-0.15, -0.1) is 0 Å². The first-order valence-electron chi connectivity index (χ1n) is 7.28. The Labute approximate surface area is 136 Å². The highest BCUT2D eigenvalue weighted by Crippen LogP contribution is 2.22. The second kappa shape index (κ2) is 7.37. The Morgan fingerprint density at radius 2 is 1.87 bits per heavy atom. The van der Waals surface area contributed by atoms with Crippen LogP contribution < -0.4 is 0 Å². The first-order valence-corrected chi connectivity index (χ1v) is 9.17. The fourth-order valence-electron chi connectivity index (χ4n) is 2.24. The number of hydrogen-bond acceptors (Lipinski definition) is 5. The molecule has 1 aromatic heterocycles. The van der Waals surface area contributed by atoms with Crippen LogP contribution in [-0.4, -0.2) is 32.2 Å². The highest BCUT2D eigenvalue weighted by atomic mass is 32.2. The third-order valence-corrected chi connectivity index (χ3v) is 4.54. The molecule has 1 heterocycles. The molecule has 0 bridgehead atoms. The number of aromatic nitrogens is 1. The first kappa shape index (κ1) is 17.1. The molecular weight excluding hydrogens is 314 g/mol. The molecule has 6 heteroatoms. The number of pyridine rings is 1. The average Bonchev–Trinajstić information content (AvgIpc) is 2.53. The molecule has 0 saturated carbocycles. The number of sulfone groups is 1. The molecule has 1 aromatic carbocycles. The smallest absolute Gasteiger partial charge is 0.315 e. The van der Waals surface area contributed by atoms with Crippen LogP contribution in [0, 0.1) is 0 Å². The summed E-state index contributed by atoms with van der Waals surface area (Å²) < 4.78 is 28.1. The Hall–Kier alpha value is -2.21. The zero-order valence-corrected chi connectivity index (χ0v) is 13.9. The molecule has 23 heavy (non-hydrogen) atoms. The minimum absolute atomic E-state index is 0.256. The lowest BCUT2D eigenvalue weighted by Gasteiger charge is -2.15. The molecule has 0 fully saturated rings. The predicted molar refractivity (Wildman–Crippen MR) is 86.9 cm³/mol. The Balaban J connectivity index is 2.26. The number of ether oxygens (including phenoxy) is 1. The van der Waals surface area contributed by atoms with E-state index in [1.54, 1.807) is 49.5 Å². The Morgan fingerprint density at radius 1 is 1.17 bits per heavy atom. The van der Waals surface area contributed by atoms with Gasteiger partial charge in [0.1, 0.15) is 5.92 Å². The first-order chi connectivity index (χ1) is 10.9. The van der Waals surface area contributed by atoms with Gasteiger partial charge in [-0.3, -0.25) is 9.78 Å². The van der Waals surface area contributed by atoms with E-state index in [2.05, 4.69) is 4.98 Å². The Morgan fingerprint density at radius 3 is 2.39 bits per heavy atom. The lowest BCUT2D eigenvalue weighted by atomic mass is 9.96. The monoisotopic (exact) mass is 333 g/mol. The topological polar surface area (TPSA) is 73.3 Å². The number of esters is 1. The minimum atomic E-state index is -3.23. The summed E-state index contributed by atoms with van der Waals surface area (Å²) in [6.07, 6.45) is 3.20. The second-order valence-electron chi connectivity index (χ2n) is 5.18. The van der Waals surface area contributed by atoms with E-state index in [0.717, 1.165) is 11.8 Å². The number of benzene rings is 1. The van der Waals surface area contributed by atoms with E-state index in [-0.39, 0.29) is 10.9 Å². The van der Waals surface area contributed by atoms with Gasteiger partial charge >= 0.3 is 5.97 Å². The molecule has 0 aliphatic heterocycles. The number of carbonyl (C=O) groups excluding carboxylic acids is 1. The van der Waals surface area contributed by atoms with Gasteiger partial charge in [-0.2, -0.15) is 0 Å². The maximum atomic E-state index is 12.2. The van der Waals surface area contributed by atoms with Crippen molar-refractivity contribution in [3.8, 4) is 0 Å². The zero-order chi connectivity index (χ0) is 16.9. The van der Waals surface area contributed by atoms with Crippen molar-refractivity contribution in [2.45, 2.75) is 24.2 Å². The molecule has 2 aromatic rings. The van der Waals surface area contributed by atoms with Gasteiger partial charge in [-0.25, -0.2) is 8.42 Å². The van der Waals surface area contributed by atoms with Crippen LogP contribution >= 0.6 is 0 Å². The number of carbonyl (C=O) groups is 1. The molecule has 0 saturated heterocycles. The number of rotatable bonds is 6. The molecule has 2 rings (SSSR count). The molecule has 0 amide bonds. The third-order valence-electron chi connectivity index (χ3n) is 3.41. The second-order valence-corrected chi connectivity index (χ2v) is 7.20. The van der Waals surface area contributed by atoms with Crippen LogP contribution in [0.2, 0.25) is 0 Å². The fraction of sp³-hybridized carbons (Fsp3) is 0.294. The molecule has 0 N–H and O–H groups in total. The van der Waals surface area contributed by atoms with E-state index in [1.165, 1.54) is 0 Å². The SMILES string of the molecule is CCOC(=O)C(Cc1ccc(S(C)(=O)=O)cc1)c1ccccn1. The van der Waals surface area contributed by atoms with Crippen molar-refractivity contribution in [3.05, 3.63) is 59.9 Å². The van der Waals surface area contributed by atoms with Crippen molar-refractivity contribution in [3.63, 3.8) is 0 Å². The summed E-state index contributed by atoms with van der Waals surface area (Å²) in [5.74, 6) is -0.848. The Kier molecular flexibility index (Phi) is 5.50. The van der Waals surface area contributed by atoms with Crippen molar-refractivity contribution >= 4 is 15.8 Å². The van der Waals surface area contributed by atoms with E-state index >= 15 is 0 Å². The van der Waals surface area contributed by atoms with Gasteiger partial charge in [-0.1, -0.05) is 18.2 Å². The maximum Gasteiger partial charge on any atom is 0.315 e. The maximum absolute atomic E-state index is 12.2. The molecular formula is C17H19NO4S. The van der Waals surface area contributed by atoms with E-state index in [1.807, 2.05) is 6.07 Å². The van der Waals surface area contributed by atoms with Crippen molar-refractivity contribution in [2.75, 3.05) is 12.9 Å². The molecule has 0 aliphatic carbocycles. The number of nitrogens with zero attached hydrogens (tertiary/aromatic N) is 1. The fourth-order valence-corrected chi connectivity index (χ4v) is 2.87. The van der Waals surface area contributed by atoms with Gasteiger partial charge in [0.05, 0.1) is 17.2 Å². The van der Waals surface area contributed by atoms with Gasteiger partial charge in [0, 0.05) is 12.5 Å². The van der Waals surface area contributed by atoms with E-state index < -0.39 is 15.8 Å². The van der Waals surface area contributed by atoms with Gasteiger partial charge in [0.15, 0.2) is 9.84 Å². The van der Waals surface area contributed by atoms with Crippen LogP contribution in [0.4, 0.5) is 0 Å². The highest BCUT2D eigenvalue weighted by Gasteiger charge is 2.23. The van der Waals surface area contributed by atoms with E-state index in [9.17, 15) is 13.2 Å². The summed E-state index contributed by atoms with van der Waals surface area (Å²) in [5, 5.41) is 0. The molecule has 0 radical (unpaired) electrons. The molecule has 122 valence electrons. The summed E-state index contributed by atoms with van der Waals surface area (Å²) >= 11 is 0. The summed E-state index contributed by atoms with van der Waals surface area (Å²) in [7, 11) is -3.23. The quantitative estimate of drug-likeness (QED) is 0.759. The standard InChI is InChI=1S/C17H19NO4S/c1-3-22-17(19)15(16-6-4-5-11-18-16)12-13-7-9-14(10-8-13)23(2,20)21/h4-11,15H,3,12H2,1-2H3. The zero-order valence-electron chi connectivity index (χ0n) is 13.1. The third kappa shape index (κ3) is 4.63. The molecule has 0 aliphatic rings. The summed E-state index contributed by atoms with van der Waals surface area (Å²) in [4.78, 5) is 16.7. The van der Waals surface area contributed by atoms with Crippen molar-refractivity contribution in [1.82, 2.24) is 4.98 Å². The van der Waals surface area contributed by atoms with E-state index in [4.69, 9.17) is 4.74 Å². The largest absolute Gasteiger partial charge is 0.465 e. The molecule has 0 spiro atoms. The molecule has 1 unspecified atom stereocenters. The molecule has 1 atom stereocenters. The van der Waals surface area contributed by atoms with E-state index in [0.29, 0.717) is 18.7 Å². The van der Waals surface area contributed by atoms with Crippen LogP contribution in [-0.2, 0) is 25.8 Å². The summed E-state index contributed by atoms with van der Waals surface area (Å²) in [5.41, 5.74) is 1.49. The van der Waals surface area contributed by atoms with Crippen LogP contribution in [0.25, 0.3) is 0 Å². The normalized spacial score (nSPS) is 12.6. The van der Waals surface area contributed by atoms with Gasteiger partial charge < -0.3 is 4.74 Å². The minimum Gasteiger partial charge on any atom is -0.465 e. The van der Waals surface area contributed by atoms with Crippen LogP contribution in [0.15, 0.2) is 53.6 Å². The molecule has 5 nitrogen and oxygen atoms in total. The van der Waals surface area contributed by atoms with Gasteiger partial charge in [0.2, 0.25) is 0 Å². The van der Waals surface area contributed by atoms with Crippen molar-refractivity contribution in [2.24, 2.45) is 0 Å². The van der Waals surface area contributed by atoms with Crippen LogP contribution in [0.1, 0.15) is 24.1 Å². The summed E-state index contributed by atoms with van der Waals surface area (Å²) in [6, 6.07) is 11.9. The van der Waals surface area contributed by atoms with Gasteiger partial charge in [-0.05, 0) is 43.2 Å². The Bertz CT molecular complexity index is 755. The van der Waals surface area contributed by atoms with Crippen LogP contribution in [0.5, 0.6) is 0 Å². The lowest BCUT2D eigenvalue weighted by Crippen LogP contribution is -2.19. The lowest BCUT2D eigenvalue weighted by molar-refractivity contribution is -0.145. The van der Waals surface area contributed by atoms with Crippen LogP contribution in [0.3, 0.4) is 0 Å². The van der Waals surface area contributed by atoms with Crippen molar-refractivity contribution < 1.29 is 17.9 Å². The van der Waals surface area contributed by atoms with Gasteiger partial charge in [0.25, 0.3) is 0 Å².